The van der Waals surface area contributed by atoms with Crippen molar-refractivity contribution in [3.8, 4) is 0 Å². The molecule has 2 aliphatic carbocycles. The van der Waals surface area contributed by atoms with E-state index < -0.39 is 0 Å². The Morgan fingerprint density at radius 3 is 2.78 bits per heavy atom. The number of allylic oxidation sites excluding steroid dienone is 2. The van der Waals surface area contributed by atoms with Crippen LogP contribution < -0.4 is 0 Å². The van der Waals surface area contributed by atoms with E-state index in [1.165, 1.54) is 5.57 Å². The molecule has 9 heavy (non-hydrogen) atoms. The van der Waals surface area contributed by atoms with Crippen LogP contribution in [-0.2, 0) is 4.79 Å². The Bertz CT molecular complexity index is 191. The van der Waals surface area contributed by atoms with Gasteiger partial charge in [0.1, 0.15) is 5.78 Å². The summed E-state index contributed by atoms with van der Waals surface area (Å²) in [6.45, 7) is 2.12. The third-order valence-electron chi connectivity index (χ3n) is 2.41. The van der Waals surface area contributed by atoms with Gasteiger partial charge in [-0.3, -0.25) is 4.79 Å². The summed E-state index contributed by atoms with van der Waals surface area (Å²) in [6, 6.07) is 0. The number of hydrogen-bond acceptors (Lipinski definition) is 1. The molecule has 48 valence electrons. The highest BCUT2D eigenvalue weighted by Gasteiger charge is 2.41. The van der Waals surface area contributed by atoms with Gasteiger partial charge in [-0.1, -0.05) is 11.6 Å². The summed E-state index contributed by atoms with van der Waals surface area (Å²) in [5.41, 5.74) is 1.41. The molecule has 0 bridgehead atoms. The van der Waals surface area contributed by atoms with Crippen molar-refractivity contribution < 1.29 is 4.79 Å². The molecule has 2 atom stereocenters. The predicted octanol–water partition coefficient (Wildman–Crippen LogP) is 1.54. The second-order valence-corrected chi connectivity index (χ2v) is 3.16. The van der Waals surface area contributed by atoms with E-state index in [0.29, 0.717) is 17.6 Å². The maximum absolute atomic E-state index is 10.8. The van der Waals surface area contributed by atoms with Crippen molar-refractivity contribution in [1.29, 1.82) is 0 Å². The lowest BCUT2D eigenvalue weighted by Gasteiger charge is -2.27. The van der Waals surface area contributed by atoms with Gasteiger partial charge in [0.25, 0.3) is 0 Å². The van der Waals surface area contributed by atoms with E-state index in [-0.39, 0.29) is 0 Å². The maximum atomic E-state index is 10.8. The maximum Gasteiger partial charge on any atom is 0.137 e. The molecule has 2 rings (SSSR count). The second kappa shape index (κ2) is 1.47. The van der Waals surface area contributed by atoms with E-state index in [2.05, 4.69) is 13.0 Å². The van der Waals surface area contributed by atoms with E-state index in [1.54, 1.807) is 0 Å². The molecule has 0 saturated heterocycles. The van der Waals surface area contributed by atoms with Gasteiger partial charge in [-0.25, -0.2) is 0 Å². The SMILES string of the molecule is CC1=C[C@H]2CC(=O)[C@H]2C1. The van der Waals surface area contributed by atoms with Crippen molar-refractivity contribution in [2.75, 3.05) is 0 Å². The van der Waals surface area contributed by atoms with E-state index in [9.17, 15) is 4.79 Å². The Morgan fingerprint density at radius 2 is 2.33 bits per heavy atom. The molecule has 0 aromatic rings. The Balaban J connectivity index is 2.18. The van der Waals surface area contributed by atoms with Crippen molar-refractivity contribution in [3.05, 3.63) is 11.6 Å². The first-order chi connectivity index (χ1) is 4.27. The van der Waals surface area contributed by atoms with Gasteiger partial charge in [-0.2, -0.15) is 0 Å². The molecule has 2 aliphatic rings. The summed E-state index contributed by atoms with van der Waals surface area (Å²) in [6.07, 6.45) is 4.12. The number of carbonyl (C=O) groups is 1. The topological polar surface area (TPSA) is 17.1 Å². The Labute approximate surface area is 54.8 Å². The zero-order chi connectivity index (χ0) is 6.43. The van der Waals surface area contributed by atoms with Crippen molar-refractivity contribution >= 4 is 5.78 Å². The highest BCUT2D eigenvalue weighted by molar-refractivity contribution is 5.89. The largest absolute Gasteiger partial charge is 0.299 e. The van der Waals surface area contributed by atoms with Crippen LogP contribution >= 0.6 is 0 Å². The van der Waals surface area contributed by atoms with Crippen molar-refractivity contribution in [2.24, 2.45) is 11.8 Å². The van der Waals surface area contributed by atoms with Crippen LogP contribution in [0.1, 0.15) is 19.8 Å². The quantitative estimate of drug-likeness (QED) is 0.445. The van der Waals surface area contributed by atoms with Crippen LogP contribution in [0.25, 0.3) is 0 Å². The molecule has 0 heterocycles. The molecule has 0 aromatic carbocycles. The van der Waals surface area contributed by atoms with E-state index >= 15 is 0 Å². The molecule has 1 saturated carbocycles. The summed E-state index contributed by atoms with van der Waals surface area (Å²) >= 11 is 0. The molecule has 0 N–H and O–H groups in total. The second-order valence-electron chi connectivity index (χ2n) is 3.16. The van der Waals surface area contributed by atoms with Gasteiger partial charge in [0, 0.05) is 12.3 Å². The van der Waals surface area contributed by atoms with Gasteiger partial charge in [0.05, 0.1) is 0 Å². The first-order valence-corrected chi connectivity index (χ1v) is 3.47. The van der Waals surface area contributed by atoms with Crippen LogP contribution in [0.15, 0.2) is 11.6 Å². The molecule has 1 fully saturated rings. The first-order valence-electron chi connectivity index (χ1n) is 3.47. The summed E-state index contributed by atoms with van der Waals surface area (Å²) in [5, 5.41) is 0. The minimum atomic E-state index is 0.407. The van der Waals surface area contributed by atoms with Gasteiger partial charge in [0.2, 0.25) is 0 Å². The van der Waals surface area contributed by atoms with Crippen LogP contribution in [0.4, 0.5) is 0 Å². The molecule has 0 unspecified atom stereocenters. The van der Waals surface area contributed by atoms with E-state index in [1.807, 2.05) is 0 Å². The standard InChI is InChI=1S/C8H10O/c1-5-2-6-4-8(9)7(6)3-5/h2,6-7H,3-4H2,1H3/t6-,7-/m0/s1. The number of Topliss-reactive ketones (excluding diaryl/α,β-unsaturated/α-hetero) is 1. The highest BCUT2D eigenvalue weighted by atomic mass is 16.1. The number of hydrogen-bond donors (Lipinski definition) is 0. The Kier molecular flexibility index (Phi) is 0.850. The molecule has 1 heteroatoms. The number of fused-ring (bicyclic) bond motifs is 1. The fourth-order valence-corrected chi connectivity index (χ4v) is 1.82. The number of carbonyl (C=O) groups excluding carboxylic acids is 1. The Hall–Kier alpha value is -0.590. The molecule has 0 aliphatic heterocycles. The van der Waals surface area contributed by atoms with Crippen molar-refractivity contribution in [3.63, 3.8) is 0 Å². The highest BCUT2D eigenvalue weighted by Crippen LogP contribution is 2.42. The van der Waals surface area contributed by atoms with Gasteiger partial charge >= 0.3 is 0 Å². The first kappa shape index (κ1) is 5.21. The zero-order valence-corrected chi connectivity index (χ0v) is 5.55. The zero-order valence-electron chi connectivity index (χ0n) is 5.55. The molecule has 0 amide bonds. The monoisotopic (exact) mass is 122 g/mol. The fraction of sp³-hybridized carbons (Fsp3) is 0.625. The lowest BCUT2D eigenvalue weighted by Crippen LogP contribution is -2.32. The lowest BCUT2D eigenvalue weighted by molar-refractivity contribution is -0.131. The molecular weight excluding hydrogens is 112 g/mol. The molecule has 0 aromatic heterocycles. The lowest BCUT2D eigenvalue weighted by atomic mass is 9.75. The van der Waals surface area contributed by atoms with Gasteiger partial charge in [-0.15, -0.1) is 0 Å². The van der Waals surface area contributed by atoms with Crippen LogP contribution in [0.3, 0.4) is 0 Å². The predicted molar refractivity (Wildman–Crippen MR) is 35.0 cm³/mol. The van der Waals surface area contributed by atoms with Crippen molar-refractivity contribution in [1.82, 2.24) is 0 Å². The smallest absolute Gasteiger partial charge is 0.137 e. The minimum absolute atomic E-state index is 0.407. The third-order valence-corrected chi connectivity index (χ3v) is 2.41. The summed E-state index contributed by atoms with van der Waals surface area (Å²) in [5.74, 6) is 1.52. The van der Waals surface area contributed by atoms with Crippen LogP contribution in [0, 0.1) is 11.8 Å². The van der Waals surface area contributed by atoms with E-state index in [4.69, 9.17) is 0 Å². The van der Waals surface area contributed by atoms with Gasteiger partial charge < -0.3 is 0 Å². The van der Waals surface area contributed by atoms with Crippen molar-refractivity contribution in [2.45, 2.75) is 19.8 Å². The average Bonchev–Trinajstić information content (AvgIpc) is 2.08. The normalized spacial score (nSPS) is 39.7. The van der Waals surface area contributed by atoms with Crippen LogP contribution in [0.2, 0.25) is 0 Å². The molecule has 1 nitrogen and oxygen atoms in total. The van der Waals surface area contributed by atoms with E-state index in [0.717, 1.165) is 12.8 Å². The van der Waals surface area contributed by atoms with Crippen LogP contribution in [-0.4, -0.2) is 5.78 Å². The molecule has 0 spiro atoms. The average molecular weight is 122 g/mol. The fourth-order valence-electron chi connectivity index (χ4n) is 1.82. The number of rotatable bonds is 0. The minimum Gasteiger partial charge on any atom is -0.299 e. The summed E-state index contributed by atoms with van der Waals surface area (Å²) in [7, 11) is 0. The molecular formula is C8H10O. The number of ketones is 1. The van der Waals surface area contributed by atoms with Gasteiger partial charge in [0.15, 0.2) is 0 Å². The van der Waals surface area contributed by atoms with Gasteiger partial charge in [-0.05, 0) is 19.3 Å². The Morgan fingerprint density at radius 1 is 1.56 bits per heavy atom. The third kappa shape index (κ3) is 0.576. The summed E-state index contributed by atoms with van der Waals surface area (Å²) in [4.78, 5) is 10.8. The molecule has 0 radical (unpaired) electrons. The summed E-state index contributed by atoms with van der Waals surface area (Å²) < 4.78 is 0. The van der Waals surface area contributed by atoms with Crippen LogP contribution in [0.5, 0.6) is 0 Å².